The highest BCUT2D eigenvalue weighted by molar-refractivity contribution is 7.17. The molecule has 0 unspecified atom stereocenters. The van der Waals surface area contributed by atoms with Gasteiger partial charge < -0.3 is 31.3 Å². The Kier molecular flexibility index (Phi) is 9.83. The molecular formula is C29H30F3N7O3S. The molecule has 14 heteroatoms. The third kappa shape index (κ3) is 8.66. The summed E-state index contributed by atoms with van der Waals surface area (Å²) in [6.07, 6.45) is -1.57. The minimum atomic E-state index is -4.54. The molecule has 0 spiro atoms. The van der Waals surface area contributed by atoms with Crippen LogP contribution in [0.4, 0.5) is 41.2 Å². The lowest BCUT2D eigenvalue weighted by Crippen LogP contribution is -2.44. The Bertz CT molecular complexity index is 1570. The van der Waals surface area contributed by atoms with Crippen LogP contribution in [0.5, 0.6) is 0 Å². The highest BCUT2D eigenvalue weighted by Gasteiger charge is 2.32. The number of rotatable bonds is 6. The van der Waals surface area contributed by atoms with Crippen LogP contribution in [0.3, 0.4) is 0 Å². The van der Waals surface area contributed by atoms with E-state index in [1.165, 1.54) is 12.3 Å². The van der Waals surface area contributed by atoms with E-state index in [0.717, 1.165) is 42.1 Å². The van der Waals surface area contributed by atoms with Crippen LogP contribution in [0.25, 0.3) is 0 Å². The van der Waals surface area contributed by atoms with Gasteiger partial charge in [0.2, 0.25) is 0 Å². The number of pyridine rings is 1. The molecule has 5 N–H and O–H groups in total. The molecule has 226 valence electrons. The number of nitrogens with one attached hydrogen (secondary N) is 2. The average molecular weight is 614 g/mol. The van der Waals surface area contributed by atoms with E-state index in [-0.39, 0.29) is 10.4 Å². The Labute approximate surface area is 250 Å². The number of benzene rings is 2. The fourth-order valence-electron chi connectivity index (χ4n) is 4.05. The van der Waals surface area contributed by atoms with E-state index in [9.17, 15) is 22.8 Å². The number of thiazole rings is 1. The van der Waals surface area contributed by atoms with Crippen LogP contribution in [0.1, 0.15) is 31.2 Å². The van der Waals surface area contributed by atoms with E-state index in [1.807, 2.05) is 24.9 Å². The molecule has 0 saturated carbocycles. The van der Waals surface area contributed by atoms with Crippen molar-refractivity contribution >= 4 is 51.2 Å². The molecule has 2 aromatic carbocycles. The normalized spacial score (nSPS) is 13.6. The Hall–Kier alpha value is -4.69. The standard InChI is InChI=1S/C20H23F3N4O.C9H7N3O2S/c1-13-3-4-16(12-18(13)24)25-19(28)14-9-15(20(21,22)23)11-17(10-14)27-7-5-26(2)6-8-27;13-8(14)6-5-11-9(15-6)12-7-3-1-2-4-10-7/h3-4,9-12H,5-8,24H2,1-2H3,(H,25,28);1-5H,(H,13,14)(H,10,11,12). The van der Waals surface area contributed by atoms with Crippen LogP contribution in [0, 0.1) is 6.92 Å². The van der Waals surface area contributed by atoms with Gasteiger partial charge in [-0.05, 0) is 62.0 Å². The van der Waals surface area contributed by atoms with Gasteiger partial charge in [0.05, 0.1) is 11.8 Å². The second-order valence-electron chi connectivity index (χ2n) is 9.76. The van der Waals surface area contributed by atoms with Crippen molar-refractivity contribution < 1.29 is 27.9 Å². The predicted molar refractivity (Wildman–Crippen MR) is 161 cm³/mol. The number of carboxylic acid groups (broad SMARTS) is 1. The van der Waals surface area contributed by atoms with Gasteiger partial charge in [0.15, 0.2) is 5.13 Å². The maximum atomic E-state index is 13.4. The summed E-state index contributed by atoms with van der Waals surface area (Å²) in [5.74, 6) is -0.935. The number of anilines is 5. The van der Waals surface area contributed by atoms with Crippen molar-refractivity contribution in [3.8, 4) is 0 Å². The molecule has 1 saturated heterocycles. The molecule has 10 nitrogen and oxygen atoms in total. The van der Waals surface area contributed by atoms with Crippen molar-refractivity contribution in [2.45, 2.75) is 13.1 Å². The zero-order valence-corrected chi connectivity index (χ0v) is 24.2. The molecule has 5 rings (SSSR count). The first-order chi connectivity index (χ1) is 20.4. The Morgan fingerprint density at radius 2 is 1.77 bits per heavy atom. The second kappa shape index (κ2) is 13.5. The molecule has 0 radical (unpaired) electrons. The van der Waals surface area contributed by atoms with Gasteiger partial charge in [0.25, 0.3) is 5.91 Å². The number of nitrogens with zero attached hydrogens (tertiary/aromatic N) is 4. The highest BCUT2D eigenvalue weighted by Crippen LogP contribution is 2.33. The number of hydrogen-bond acceptors (Lipinski definition) is 9. The van der Waals surface area contributed by atoms with E-state index in [2.05, 4.69) is 25.5 Å². The molecule has 0 atom stereocenters. The minimum Gasteiger partial charge on any atom is -0.477 e. The molecule has 1 aliphatic rings. The summed E-state index contributed by atoms with van der Waals surface area (Å²) in [6, 6.07) is 13.9. The van der Waals surface area contributed by atoms with Crippen molar-refractivity contribution in [2.75, 3.05) is 54.5 Å². The van der Waals surface area contributed by atoms with Gasteiger partial charge in [-0.25, -0.2) is 14.8 Å². The van der Waals surface area contributed by atoms with Crippen LogP contribution in [0.2, 0.25) is 0 Å². The summed E-state index contributed by atoms with van der Waals surface area (Å²) in [4.78, 5) is 35.4. The predicted octanol–water partition coefficient (Wildman–Crippen LogP) is 5.58. The molecule has 3 heterocycles. The third-order valence-electron chi connectivity index (χ3n) is 6.53. The molecular weight excluding hydrogens is 583 g/mol. The zero-order valence-electron chi connectivity index (χ0n) is 23.4. The van der Waals surface area contributed by atoms with E-state index in [1.54, 1.807) is 36.5 Å². The van der Waals surface area contributed by atoms with Crippen LogP contribution >= 0.6 is 11.3 Å². The molecule has 2 aromatic heterocycles. The lowest BCUT2D eigenvalue weighted by atomic mass is 10.1. The summed E-state index contributed by atoms with van der Waals surface area (Å²) in [6.45, 7) is 4.54. The SMILES string of the molecule is Cc1ccc(NC(=O)c2cc(N3CCN(C)CC3)cc(C(F)(F)F)c2)cc1N.O=C(O)c1cnc(Nc2ccccn2)s1. The number of hydrogen-bond donors (Lipinski definition) is 4. The largest absolute Gasteiger partial charge is 0.477 e. The number of aryl methyl sites for hydroxylation is 1. The Morgan fingerprint density at radius 3 is 2.37 bits per heavy atom. The first kappa shape index (κ1) is 31.3. The average Bonchev–Trinajstić information content (AvgIpc) is 3.44. The van der Waals surface area contributed by atoms with E-state index in [4.69, 9.17) is 10.8 Å². The first-order valence-corrected chi connectivity index (χ1v) is 13.9. The minimum absolute atomic E-state index is 0.0390. The number of aromatic carboxylic acids is 1. The summed E-state index contributed by atoms with van der Waals surface area (Å²) >= 11 is 1.07. The van der Waals surface area contributed by atoms with Gasteiger partial charge in [0, 0.05) is 55.0 Å². The molecule has 1 amide bonds. The van der Waals surface area contributed by atoms with Gasteiger partial charge in [-0.3, -0.25) is 4.79 Å². The lowest BCUT2D eigenvalue weighted by Gasteiger charge is -2.34. The fourth-order valence-corrected chi connectivity index (χ4v) is 4.71. The number of carbonyl (C=O) groups excluding carboxylic acids is 1. The number of amides is 1. The van der Waals surface area contributed by atoms with Gasteiger partial charge in [0.1, 0.15) is 10.7 Å². The van der Waals surface area contributed by atoms with Crippen LogP contribution in [-0.2, 0) is 6.18 Å². The number of piperazine rings is 1. The number of alkyl halides is 3. The van der Waals surface area contributed by atoms with Crippen molar-refractivity contribution in [3.63, 3.8) is 0 Å². The number of halogens is 3. The third-order valence-corrected chi connectivity index (χ3v) is 7.43. The zero-order chi connectivity index (χ0) is 31.1. The van der Waals surface area contributed by atoms with Crippen molar-refractivity contribution in [1.29, 1.82) is 0 Å². The first-order valence-electron chi connectivity index (χ1n) is 13.1. The van der Waals surface area contributed by atoms with E-state index in [0.29, 0.717) is 41.1 Å². The Morgan fingerprint density at radius 1 is 1.02 bits per heavy atom. The number of carbonyl (C=O) groups is 2. The molecule has 0 aliphatic carbocycles. The second-order valence-corrected chi connectivity index (χ2v) is 10.8. The smallest absolute Gasteiger partial charge is 0.416 e. The quantitative estimate of drug-likeness (QED) is 0.206. The number of aromatic nitrogens is 2. The van der Waals surface area contributed by atoms with Gasteiger partial charge >= 0.3 is 12.1 Å². The van der Waals surface area contributed by atoms with Gasteiger partial charge in [-0.15, -0.1) is 0 Å². The topological polar surface area (TPSA) is 137 Å². The summed E-state index contributed by atoms with van der Waals surface area (Å²) in [7, 11) is 1.97. The number of likely N-dealkylation sites (N-methyl/N-ethyl adjacent to an activating group) is 1. The summed E-state index contributed by atoms with van der Waals surface area (Å²) in [5.41, 5.74) is 7.16. The number of nitrogen functional groups attached to an aromatic ring is 1. The maximum Gasteiger partial charge on any atom is 0.416 e. The van der Waals surface area contributed by atoms with Gasteiger partial charge in [-0.2, -0.15) is 13.2 Å². The molecule has 1 aliphatic heterocycles. The summed E-state index contributed by atoms with van der Waals surface area (Å²) < 4.78 is 40.2. The van der Waals surface area contributed by atoms with Crippen molar-refractivity contribution in [2.24, 2.45) is 0 Å². The maximum absolute atomic E-state index is 13.4. The highest BCUT2D eigenvalue weighted by atomic mass is 32.1. The summed E-state index contributed by atoms with van der Waals surface area (Å²) in [5, 5.41) is 14.8. The van der Waals surface area contributed by atoms with E-state index < -0.39 is 23.6 Å². The van der Waals surface area contributed by atoms with Crippen LogP contribution < -0.4 is 21.3 Å². The molecule has 0 bridgehead atoms. The van der Waals surface area contributed by atoms with Crippen LogP contribution in [0.15, 0.2) is 67.0 Å². The van der Waals surface area contributed by atoms with Gasteiger partial charge in [-0.1, -0.05) is 23.5 Å². The molecule has 4 aromatic rings. The molecule has 1 fully saturated rings. The Balaban J connectivity index is 0.000000237. The van der Waals surface area contributed by atoms with Crippen molar-refractivity contribution in [3.05, 3.63) is 88.6 Å². The van der Waals surface area contributed by atoms with Crippen molar-refractivity contribution in [1.82, 2.24) is 14.9 Å². The monoisotopic (exact) mass is 613 g/mol. The number of nitrogens with two attached hydrogens (primary N) is 1. The molecule has 43 heavy (non-hydrogen) atoms. The number of carboxylic acids is 1. The fraction of sp³-hybridized carbons (Fsp3) is 0.241. The van der Waals surface area contributed by atoms with E-state index >= 15 is 0 Å². The van der Waals surface area contributed by atoms with Crippen LogP contribution in [-0.4, -0.2) is 65.1 Å². The lowest BCUT2D eigenvalue weighted by molar-refractivity contribution is -0.137.